The van der Waals surface area contributed by atoms with Gasteiger partial charge in [0.2, 0.25) is 0 Å². The van der Waals surface area contributed by atoms with Crippen LogP contribution >= 0.6 is 11.6 Å². The summed E-state index contributed by atoms with van der Waals surface area (Å²) < 4.78 is 32.9. The topological polar surface area (TPSA) is 61.2 Å². The van der Waals surface area contributed by atoms with Gasteiger partial charge in [-0.3, -0.25) is 9.59 Å². The third-order valence-corrected chi connectivity index (χ3v) is 4.67. The van der Waals surface area contributed by atoms with E-state index < -0.39 is 29.0 Å². The van der Waals surface area contributed by atoms with Crippen LogP contribution in [0.2, 0.25) is 5.02 Å². The monoisotopic (exact) mass is 418 g/mol. The van der Waals surface area contributed by atoms with Crippen LogP contribution in [-0.4, -0.2) is 22.7 Å². The van der Waals surface area contributed by atoms with Crippen LogP contribution in [0.5, 0.6) is 5.75 Å². The summed E-state index contributed by atoms with van der Waals surface area (Å²) in [5, 5.41) is 4.39. The van der Waals surface area contributed by atoms with E-state index in [4.69, 9.17) is 16.3 Å². The molecule has 5 nitrogen and oxygen atoms in total. The van der Waals surface area contributed by atoms with E-state index in [2.05, 4.69) is 5.10 Å². The molecule has 0 fully saturated rings. The number of ketones is 1. The summed E-state index contributed by atoms with van der Waals surface area (Å²) in [4.78, 5) is 25.0. The van der Waals surface area contributed by atoms with Crippen molar-refractivity contribution in [2.45, 2.75) is 19.4 Å². The van der Waals surface area contributed by atoms with Crippen molar-refractivity contribution in [3.05, 3.63) is 81.1 Å². The lowest BCUT2D eigenvalue weighted by Crippen LogP contribution is -2.31. The molecule has 0 aliphatic rings. The molecular weight excluding hydrogens is 402 g/mol. The number of Topliss-reactive ketones (excluding diaryl/α,β-unsaturated/α-hetero) is 1. The molecule has 0 bridgehead atoms. The Bertz CT molecular complexity index is 1110. The van der Waals surface area contributed by atoms with Gasteiger partial charge in [0.05, 0.1) is 12.1 Å². The summed E-state index contributed by atoms with van der Waals surface area (Å²) in [6, 6.07) is 10.0. The van der Waals surface area contributed by atoms with Crippen LogP contribution in [0.3, 0.4) is 0 Å². The van der Waals surface area contributed by atoms with E-state index in [-0.39, 0.29) is 17.0 Å². The van der Waals surface area contributed by atoms with Crippen molar-refractivity contribution in [3.63, 3.8) is 0 Å². The summed E-state index contributed by atoms with van der Waals surface area (Å²) in [6.45, 7) is 1.50. The third-order valence-electron chi connectivity index (χ3n) is 4.39. The van der Waals surface area contributed by atoms with E-state index >= 15 is 0 Å². The van der Waals surface area contributed by atoms with Crippen molar-refractivity contribution in [2.24, 2.45) is 0 Å². The SMILES string of the molecule is COc1cccc(-c2nn(C(C)C(=O)Cc3cc(F)cc(F)c3)c(=O)cc2Cl)c1. The molecule has 0 saturated carbocycles. The summed E-state index contributed by atoms with van der Waals surface area (Å²) in [5.41, 5.74) is 0.527. The molecule has 0 aliphatic heterocycles. The van der Waals surface area contributed by atoms with Crippen molar-refractivity contribution < 1.29 is 18.3 Å². The fourth-order valence-electron chi connectivity index (χ4n) is 2.89. The molecule has 8 heteroatoms. The molecule has 0 spiro atoms. The van der Waals surface area contributed by atoms with Gasteiger partial charge < -0.3 is 4.74 Å². The first-order valence-corrected chi connectivity index (χ1v) is 9.07. The quantitative estimate of drug-likeness (QED) is 0.601. The van der Waals surface area contributed by atoms with Crippen LogP contribution in [0, 0.1) is 11.6 Å². The Kier molecular flexibility index (Phi) is 6.08. The molecule has 0 amide bonds. The predicted octanol–water partition coefficient (Wildman–Crippen LogP) is 4.22. The Morgan fingerprint density at radius 3 is 2.52 bits per heavy atom. The molecule has 3 aromatic rings. The summed E-state index contributed by atoms with van der Waals surface area (Å²) in [6.07, 6.45) is -0.249. The fourth-order valence-corrected chi connectivity index (χ4v) is 3.13. The molecule has 150 valence electrons. The highest BCUT2D eigenvalue weighted by Crippen LogP contribution is 2.27. The van der Waals surface area contributed by atoms with Gasteiger partial charge in [-0.05, 0) is 36.8 Å². The van der Waals surface area contributed by atoms with Crippen molar-refractivity contribution in [1.82, 2.24) is 9.78 Å². The van der Waals surface area contributed by atoms with Crippen LogP contribution in [0.4, 0.5) is 8.78 Å². The number of hydrogen-bond donors (Lipinski definition) is 0. The van der Waals surface area contributed by atoms with E-state index in [0.717, 1.165) is 22.9 Å². The number of carbonyl (C=O) groups is 1. The van der Waals surface area contributed by atoms with Gasteiger partial charge in [-0.1, -0.05) is 23.7 Å². The molecule has 29 heavy (non-hydrogen) atoms. The van der Waals surface area contributed by atoms with E-state index in [1.165, 1.54) is 20.1 Å². The zero-order chi connectivity index (χ0) is 21.1. The van der Waals surface area contributed by atoms with Crippen molar-refractivity contribution in [2.75, 3.05) is 7.11 Å². The van der Waals surface area contributed by atoms with E-state index in [1.807, 2.05) is 0 Å². The van der Waals surface area contributed by atoms with Gasteiger partial charge in [0.25, 0.3) is 5.56 Å². The first-order valence-electron chi connectivity index (χ1n) is 8.70. The molecule has 1 heterocycles. The van der Waals surface area contributed by atoms with Crippen LogP contribution in [0.25, 0.3) is 11.3 Å². The number of hydrogen-bond acceptors (Lipinski definition) is 4. The average Bonchev–Trinajstić information content (AvgIpc) is 2.66. The second kappa shape index (κ2) is 8.53. The maximum atomic E-state index is 13.4. The van der Waals surface area contributed by atoms with Gasteiger partial charge in [-0.15, -0.1) is 0 Å². The normalized spacial score (nSPS) is 11.9. The summed E-state index contributed by atoms with van der Waals surface area (Å²) in [7, 11) is 1.52. The number of ether oxygens (including phenoxy) is 1. The minimum Gasteiger partial charge on any atom is -0.497 e. The highest BCUT2D eigenvalue weighted by atomic mass is 35.5. The number of carbonyl (C=O) groups excluding carboxylic acids is 1. The van der Waals surface area contributed by atoms with Gasteiger partial charge in [0.15, 0.2) is 5.78 Å². The molecule has 1 atom stereocenters. The molecular formula is C21H17ClF2N2O3. The number of aromatic nitrogens is 2. The maximum absolute atomic E-state index is 13.4. The average molecular weight is 419 g/mol. The standard InChI is InChI=1S/C21H17ClF2N2O3/c1-12(19(27)8-13-6-15(23)10-16(24)7-13)26-20(28)11-18(22)21(25-26)14-4-3-5-17(9-14)29-2/h3-7,9-12H,8H2,1-2H3. The van der Waals surface area contributed by atoms with Crippen LogP contribution in [0.1, 0.15) is 18.5 Å². The molecule has 2 aromatic carbocycles. The summed E-state index contributed by atoms with van der Waals surface area (Å²) >= 11 is 6.20. The lowest BCUT2D eigenvalue weighted by Gasteiger charge is -2.15. The lowest BCUT2D eigenvalue weighted by molar-refractivity contribution is -0.121. The largest absolute Gasteiger partial charge is 0.497 e. The zero-order valence-corrected chi connectivity index (χ0v) is 16.4. The minimum absolute atomic E-state index is 0.131. The Morgan fingerprint density at radius 2 is 1.86 bits per heavy atom. The number of benzene rings is 2. The Labute approximate surface area is 170 Å². The third kappa shape index (κ3) is 4.68. The molecule has 1 aromatic heterocycles. The smallest absolute Gasteiger partial charge is 0.268 e. The molecule has 0 N–H and O–H groups in total. The molecule has 0 radical (unpaired) electrons. The van der Waals surface area contributed by atoms with Crippen LogP contribution in [-0.2, 0) is 11.2 Å². The van der Waals surface area contributed by atoms with Crippen molar-refractivity contribution >= 4 is 17.4 Å². The maximum Gasteiger partial charge on any atom is 0.268 e. The van der Waals surface area contributed by atoms with Crippen LogP contribution < -0.4 is 10.3 Å². The van der Waals surface area contributed by atoms with Crippen molar-refractivity contribution in [1.29, 1.82) is 0 Å². The first kappa shape index (κ1) is 20.7. The van der Waals surface area contributed by atoms with E-state index in [1.54, 1.807) is 24.3 Å². The number of rotatable bonds is 6. The van der Waals surface area contributed by atoms with Gasteiger partial charge in [0.1, 0.15) is 29.1 Å². The number of methoxy groups -OCH3 is 1. The van der Waals surface area contributed by atoms with Gasteiger partial charge in [-0.25, -0.2) is 13.5 Å². The van der Waals surface area contributed by atoms with Crippen molar-refractivity contribution in [3.8, 4) is 17.0 Å². The molecule has 1 unspecified atom stereocenters. The molecule has 0 aliphatic carbocycles. The van der Waals surface area contributed by atoms with Gasteiger partial charge in [-0.2, -0.15) is 5.10 Å². The Hall–Kier alpha value is -3.06. The highest BCUT2D eigenvalue weighted by Gasteiger charge is 2.20. The molecule has 3 rings (SSSR count). The zero-order valence-electron chi connectivity index (χ0n) is 15.7. The van der Waals surface area contributed by atoms with Crippen LogP contribution in [0.15, 0.2) is 53.3 Å². The second-order valence-corrected chi connectivity index (χ2v) is 6.86. The van der Waals surface area contributed by atoms with E-state index in [0.29, 0.717) is 17.0 Å². The fraction of sp³-hybridized carbons (Fsp3) is 0.190. The Balaban J connectivity index is 1.94. The lowest BCUT2D eigenvalue weighted by atomic mass is 10.0. The predicted molar refractivity (Wildman–Crippen MR) is 105 cm³/mol. The van der Waals surface area contributed by atoms with E-state index in [9.17, 15) is 18.4 Å². The highest BCUT2D eigenvalue weighted by molar-refractivity contribution is 6.32. The Morgan fingerprint density at radius 1 is 1.17 bits per heavy atom. The number of halogens is 3. The molecule has 0 saturated heterocycles. The minimum atomic E-state index is -0.963. The summed E-state index contributed by atoms with van der Waals surface area (Å²) in [5.74, 6) is -1.40. The second-order valence-electron chi connectivity index (χ2n) is 6.45. The van der Waals surface area contributed by atoms with Gasteiger partial charge >= 0.3 is 0 Å². The first-order chi connectivity index (χ1) is 13.8. The van der Waals surface area contributed by atoms with Gasteiger partial charge in [0, 0.05) is 24.1 Å². The number of nitrogens with zero attached hydrogens (tertiary/aromatic N) is 2.